The number of halogens is 5. The van der Waals surface area contributed by atoms with Crippen molar-refractivity contribution in [3.05, 3.63) is 74.8 Å². The molecule has 0 bridgehead atoms. The van der Waals surface area contributed by atoms with Gasteiger partial charge in [0.1, 0.15) is 5.56 Å². The van der Waals surface area contributed by atoms with Gasteiger partial charge in [-0.2, -0.15) is 8.78 Å². The van der Waals surface area contributed by atoms with E-state index in [0.717, 1.165) is 24.5 Å². The first-order valence-electron chi connectivity index (χ1n) is 8.18. The van der Waals surface area contributed by atoms with E-state index in [0.29, 0.717) is 16.8 Å². The molecular formula is C19H10F5NO3. The monoisotopic (exact) mass is 395 g/mol. The van der Waals surface area contributed by atoms with Gasteiger partial charge in [-0.3, -0.25) is 4.79 Å². The van der Waals surface area contributed by atoms with Crippen LogP contribution in [0, 0.1) is 29.1 Å². The van der Waals surface area contributed by atoms with E-state index >= 15 is 0 Å². The average Bonchev–Trinajstić information content (AvgIpc) is 3.52. The molecule has 0 atom stereocenters. The highest BCUT2D eigenvalue weighted by molar-refractivity contribution is 5.94. The minimum absolute atomic E-state index is 0.423. The molecule has 9 heteroatoms. The van der Waals surface area contributed by atoms with Crippen molar-refractivity contribution >= 4 is 16.9 Å². The first-order chi connectivity index (χ1) is 13.3. The highest BCUT2D eigenvalue weighted by atomic mass is 19.2. The Kier molecular flexibility index (Phi) is 4.17. The predicted octanol–water partition coefficient (Wildman–Crippen LogP) is 4.32. The number of aromatic amines is 1. The van der Waals surface area contributed by atoms with Gasteiger partial charge >= 0.3 is 5.97 Å². The van der Waals surface area contributed by atoms with Crippen molar-refractivity contribution in [2.75, 3.05) is 0 Å². The second kappa shape index (κ2) is 6.43. The summed E-state index contributed by atoms with van der Waals surface area (Å²) >= 11 is 0. The number of carbonyl (C=O) groups excluding carboxylic acids is 1. The summed E-state index contributed by atoms with van der Waals surface area (Å²) in [6.45, 7) is 0. The summed E-state index contributed by atoms with van der Waals surface area (Å²) in [5, 5.41) is 0.438. The maximum absolute atomic E-state index is 13.7. The van der Waals surface area contributed by atoms with E-state index in [-0.39, 0.29) is 0 Å². The fourth-order valence-corrected chi connectivity index (χ4v) is 2.86. The molecule has 1 saturated carbocycles. The van der Waals surface area contributed by atoms with Crippen LogP contribution in [-0.2, 0) is 0 Å². The molecule has 144 valence electrons. The lowest BCUT2D eigenvalue weighted by atomic mass is 10.1. The molecule has 4 rings (SSSR count). The minimum Gasteiger partial charge on any atom is -0.416 e. The smallest absolute Gasteiger partial charge is 0.349 e. The summed E-state index contributed by atoms with van der Waals surface area (Å²) in [5.41, 5.74) is -0.0907. The standard InChI is InChI=1S/C19H10F5NO3/c20-12-13(21)15(23)17(16(24)14(12)22)28-19(27)10-5-9-4-3-8(7-1-2-7)6-11(9)25-18(10)26/h3-7H,1-2H2,(H,25,26). The van der Waals surface area contributed by atoms with Gasteiger partial charge < -0.3 is 9.72 Å². The van der Waals surface area contributed by atoms with Crippen molar-refractivity contribution in [3.63, 3.8) is 0 Å². The number of hydrogen-bond acceptors (Lipinski definition) is 3. The van der Waals surface area contributed by atoms with Crippen molar-refractivity contribution in [2.24, 2.45) is 0 Å². The van der Waals surface area contributed by atoms with Crippen molar-refractivity contribution < 1.29 is 31.5 Å². The summed E-state index contributed by atoms with van der Waals surface area (Å²) in [6, 6.07) is 6.35. The maximum Gasteiger partial charge on any atom is 0.349 e. The van der Waals surface area contributed by atoms with Crippen molar-refractivity contribution in [2.45, 2.75) is 18.8 Å². The second-order valence-corrected chi connectivity index (χ2v) is 6.42. The van der Waals surface area contributed by atoms with Crippen LogP contribution < -0.4 is 10.3 Å². The minimum atomic E-state index is -2.38. The largest absolute Gasteiger partial charge is 0.416 e. The van der Waals surface area contributed by atoms with Crippen LogP contribution in [0.1, 0.15) is 34.7 Å². The summed E-state index contributed by atoms with van der Waals surface area (Å²) in [6.07, 6.45) is 2.09. The lowest BCUT2D eigenvalue weighted by molar-refractivity contribution is 0.0714. The van der Waals surface area contributed by atoms with Gasteiger partial charge in [0.2, 0.25) is 34.8 Å². The van der Waals surface area contributed by atoms with E-state index in [1.807, 2.05) is 6.07 Å². The molecule has 1 aliphatic rings. The predicted molar refractivity (Wildman–Crippen MR) is 87.7 cm³/mol. The highest BCUT2D eigenvalue weighted by Crippen LogP contribution is 2.40. The van der Waals surface area contributed by atoms with Crippen molar-refractivity contribution in [1.29, 1.82) is 0 Å². The van der Waals surface area contributed by atoms with E-state index < -0.39 is 51.9 Å². The Morgan fingerprint density at radius 1 is 0.929 bits per heavy atom. The molecule has 0 saturated heterocycles. The molecular weight excluding hydrogens is 385 g/mol. The molecule has 1 N–H and O–H groups in total. The van der Waals surface area contributed by atoms with Gasteiger partial charge in [0.15, 0.2) is 0 Å². The maximum atomic E-state index is 13.7. The Morgan fingerprint density at radius 2 is 1.54 bits per heavy atom. The molecule has 1 aromatic heterocycles. The number of carbonyl (C=O) groups is 1. The molecule has 0 radical (unpaired) electrons. The molecule has 0 amide bonds. The lowest BCUT2D eigenvalue weighted by Gasteiger charge is -2.09. The van der Waals surface area contributed by atoms with Crippen LogP contribution in [0.2, 0.25) is 0 Å². The molecule has 4 nitrogen and oxygen atoms in total. The molecule has 1 fully saturated rings. The number of fused-ring (bicyclic) bond motifs is 1. The zero-order valence-corrected chi connectivity index (χ0v) is 13.9. The van der Waals surface area contributed by atoms with Gasteiger partial charge in [-0.05, 0) is 41.8 Å². The first-order valence-corrected chi connectivity index (χ1v) is 8.18. The summed E-state index contributed by atoms with van der Waals surface area (Å²) in [5.74, 6) is -14.4. The molecule has 2 aromatic carbocycles. The Morgan fingerprint density at radius 3 is 2.14 bits per heavy atom. The number of hydrogen-bond donors (Lipinski definition) is 1. The molecule has 0 spiro atoms. The molecule has 1 heterocycles. The Hall–Kier alpha value is -3.23. The third-order valence-corrected chi connectivity index (χ3v) is 4.50. The van der Waals surface area contributed by atoms with Crippen LogP contribution in [0.5, 0.6) is 5.75 Å². The fraction of sp³-hybridized carbons (Fsp3) is 0.158. The van der Waals surface area contributed by atoms with Gasteiger partial charge in [0.05, 0.1) is 0 Å². The first kappa shape index (κ1) is 18.1. The van der Waals surface area contributed by atoms with Crippen LogP contribution in [0.15, 0.2) is 29.1 Å². The molecule has 1 aliphatic carbocycles. The molecule has 0 unspecified atom stereocenters. The van der Waals surface area contributed by atoms with Crippen LogP contribution in [0.25, 0.3) is 10.9 Å². The number of benzene rings is 2. The SMILES string of the molecule is O=C(Oc1c(F)c(F)c(F)c(F)c1F)c1cc2ccc(C3CC3)cc2[nH]c1=O. The van der Waals surface area contributed by atoms with Crippen LogP contribution >= 0.6 is 0 Å². The molecule has 28 heavy (non-hydrogen) atoms. The number of nitrogens with one attached hydrogen (secondary N) is 1. The zero-order valence-electron chi connectivity index (χ0n) is 13.9. The van der Waals surface area contributed by atoms with E-state index in [4.69, 9.17) is 0 Å². The number of ether oxygens (including phenoxy) is 1. The molecule has 3 aromatic rings. The second-order valence-electron chi connectivity index (χ2n) is 6.42. The summed E-state index contributed by atoms with van der Waals surface area (Å²) in [4.78, 5) is 26.8. The zero-order chi connectivity index (χ0) is 20.2. The number of pyridine rings is 1. The Bertz CT molecular complexity index is 1170. The van der Waals surface area contributed by atoms with Gasteiger partial charge in [0, 0.05) is 5.52 Å². The van der Waals surface area contributed by atoms with Crippen LogP contribution in [0.3, 0.4) is 0 Å². The van der Waals surface area contributed by atoms with Gasteiger partial charge in [-0.1, -0.05) is 12.1 Å². The Balaban J connectivity index is 1.73. The Labute approximate surface area is 153 Å². The van der Waals surface area contributed by atoms with Crippen LogP contribution in [-0.4, -0.2) is 11.0 Å². The quantitative estimate of drug-likeness (QED) is 0.236. The van der Waals surface area contributed by atoms with Crippen LogP contribution in [0.4, 0.5) is 22.0 Å². The average molecular weight is 395 g/mol. The van der Waals surface area contributed by atoms with Crippen molar-refractivity contribution in [1.82, 2.24) is 4.98 Å². The third kappa shape index (κ3) is 2.92. The van der Waals surface area contributed by atoms with Gasteiger partial charge in [-0.15, -0.1) is 0 Å². The summed E-state index contributed by atoms with van der Waals surface area (Å²) < 4.78 is 71.2. The van der Waals surface area contributed by atoms with E-state index in [9.17, 15) is 31.5 Å². The normalized spacial score (nSPS) is 13.8. The van der Waals surface area contributed by atoms with E-state index in [1.165, 1.54) is 0 Å². The fourth-order valence-electron chi connectivity index (χ4n) is 2.86. The lowest BCUT2D eigenvalue weighted by Crippen LogP contribution is -2.22. The number of H-pyrrole nitrogens is 1. The highest BCUT2D eigenvalue weighted by Gasteiger charge is 2.29. The van der Waals surface area contributed by atoms with E-state index in [1.54, 1.807) is 12.1 Å². The molecule has 0 aliphatic heterocycles. The third-order valence-electron chi connectivity index (χ3n) is 4.50. The van der Waals surface area contributed by atoms with Gasteiger partial charge in [0.25, 0.3) is 5.56 Å². The number of esters is 1. The number of aromatic nitrogens is 1. The topological polar surface area (TPSA) is 59.2 Å². The summed E-state index contributed by atoms with van der Waals surface area (Å²) in [7, 11) is 0. The number of rotatable bonds is 3. The van der Waals surface area contributed by atoms with E-state index in [2.05, 4.69) is 9.72 Å². The van der Waals surface area contributed by atoms with Crippen molar-refractivity contribution in [3.8, 4) is 5.75 Å². The van der Waals surface area contributed by atoms with Gasteiger partial charge in [-0.25, -0.2) is 18.0 Å².